The molecule has 2 fully saturated rings. The number of benzene rings is 3. The molecule has 1 amide bonds. The molecule has 0 spiro atoms. The van der Waals surface area contributed by atoms with Crippen LogP contribution >= 0.6 is 0 Å². The Balaban J connectivity index is 1.32. The molecule has 3 aromatic rings. The van der Waals surface area contributed by atoms with E-state index in [1.54, 1.807) is 7.11 Å². The molecule has 8 heteroatoms. The summed E-state index contributed by atoms with van der Waals surface area (Å²) in [5.41, 5.74) is 4.72. The van der Waals surface area contributed by atoms with Crippen molar-refractivity contribution in [2.45, 2.75) is 43.9 Å². The zero-order valence-electron chi connectivity index (χ0n) is 23.6. The van der Waals surface area contributed by atoms with Gasteiger partial charge in [0.05, 0.1) is 23.3 Å². The van der Waals surface area contributed by atoms with Gasteiger partial charge in [0, 0.05) is 50.6 Å². The molecule has 40 heavy (non-hydrogen) atoms. The van der Waals surface area contributed by atoms with Gasteiger partial charge in [0.1, 0.15) is 16.7 Å². The number of carbonyl (C=O) groups is 1. The second-order valence-electron chi connectivity index (χ2n) is 10.5. The van der Waals surface area contributed by atoms with Gasteiger partial charge in [-0.3, -0.25) is 4.79 Å². The fourth-order valence-corrected chi connectivity index (χ4v) is 6.42. The van der Waals surface area contributed by atoms with E-state index in [0.717, 1.165) is 81.1 Å². The summed E-state index contributed by atoms with van der Waals surface area (Å²) in [6, 6.07) is 21.9. The monoisotopic (exact) mass is 560 g/mol. The number of ether oxygens (including phenoxy) is 1. The molecule has 0 radical (unpaired) electrons. The zero-order valence-corrected chi connectivity index (χ0v) is 24.4. The van der Waals surface area contributed by atoms with Gasteiger partial charge in [-0.15, -0.1) is 0 Å². The number of aryl methyl sites for hydroxylation is 1. The number of nitrogens with one attached hydrogen (secondary N) is 1. The SMILES string of the molecule is CCCCc1ccc(NS(=O)c2ccc(N3CCCC3)c(C(=O)N3CCN(c4ccccc4OC)CC3)c2)cc1. The number of nitrogens with zero attached hydrogens (tertiary/aromatic N) is 3. The summed E-state index contributed by atoms with van der Waals surface area (Å²) in [6.45, 7) is 6.76. The highest BCUT2D eigenvalue weighted by Gasteiger charge is 2.28. The van der Waals surface area contributed by atoms with Crippen LogP contribution in [0.3, 0.4) is 0 Å². The average Bonchev–Trinajstić information content (AvgIpc) is 3.55. The molecule has 0 bridgehead atoms. The van der Waals surface area contributed by atoms with E-state index in [9.17, 15) is 9.00 Å². The molecule has 2 heterocycles. The lowest BCUT2D eigenvalue weighted by Gasteiger charge is -2.37. The summed E-state index contributed by atoms with van der Waals surface area (Å²) in [7, 11) is 0.204. The van der Waals surface area contributed by atoms with Crippen molar-refractivity contribution in [3.8, 4) is 5.75 Å². The quantitative estimate of drug-likeness (QED) is 0.343. The van der Waals surface area contributed by atoms with Gasteiger partial charge in [0.15, 0.2) is 0 Å². The highest BCUT2D eigenvalue weighted by Crippen LogP contribution is 2.31. The lowest BCUT2D eigenvalue weighted by atomic mass is 10.1. The molecular weight excluding hydrogens is 520 g/mol. The largest absolute Gasteiger partial charge is 0.495 e. The first-order valence-corrected chi connectivity index (χ1v) is 15.6. The first kappa shape index (κ1) is 28.0. The zero-order chi connectivity index (χ0) is 27.9. The molecule has 1 unspecified atom stereocenters. The summed E-state index contributed by atoms with van der Waals surface area (Å²) in [5.74, 6) is 0.845. The number of para-hydroxylation sites is 2. The third kappa shape index (κ3) is 6.44. The van der Waals surface area contributed by atoms with Crippen LogP contribution in [0.15, 0.2) is 71.6 Å². The molecule has 5 rings (SSSR count). The summed E-state index contributed by atoms with van der Waals surface area (Å²) in [5, 5.41) is 0. The normalized spacial score (nSPS) is 16.2. The molecule has 212 valence electrons. The number of rotatable bonds is 10. The summed E-state index contributed by atoms with van der Waals surface area (Å²) < 4.78 is 22.0. The number of unbranched alkanes of at least 4 members (excludes halogenated alkanes) is 1. The minimum Gasteiger partial charge on any atom is -0.495 e. The molecule has 0 aliphatic carbocycles. The number of hydrogen-bond acceptors (Lipinski definition) is 5. The van der Waals surface area contributed by atoms with Gasteiger partial charge in [-0.2, -0.15) is 0 Å². The first-order chi connectivity index (χ1) is 19.6. The molecule has 7 nitrogen and oxygen atoms in total. The molecule has 0 aromatic heterocycles. The molecule has 2 aliphatic heterocycles. The van der Waals surface area contributed by atoms with Gasteiger partial charge < -0.3 is 24.2 Å². The molecule has 2 saturated heterocycles. The van der Waals surface area contributed by atoms with Crippen molar-refractivity contribution in [2.75, 3.05) is 60.9 Å². The fourth-order valence-electron chi connectivity index (χ4n) is 5.53. The summed E-state index contributed by atoms with van der Waals surface area (Å²) in [6.07, 6.45) is 5.62. The lowest BCUT2D eigenvalue weighted by Crippen LogP contribution is -2.49. The second-order valence-corrected chi connectivity index (χ2v) is 11.7. The van der Waals surface area contributed by atoms with Crippen molar-refractivity contribution in [1.29, 1.82) is 0 Å². The van der Waals surface area contributed by atoms with Gasteiger partial charge in [-0.1, -0.05) is 37.6 Å². The number of hydrogen-bond donors (Lipinski definition) is 1. The van der Waals surface area contributed by atoms with E-state index in [4.69, 9.17) is 4.74 Å². The van der Waals surface area contributed by atoms with Crippen molar-refractivity contribution in [1.82, 2.24) is 4.90 Å². The van der Waals surface area contributed by atoms with E-state index in [2.05, 4.69) is 39.6 Å². The Morgan fingerprint density at radius 3 is 2.27 bits per heavy atom. The summed E-state index contributed by atoms with van der Waals surface area (Å²) in [4.78, 5) is 21.0. The van der Waals surface area contributed by atoms with Crippen LogP contribution < -0.4 is 19.3 Å². The van der Waals surface area contributed by atoms with E-state index in [1.165, 1.54) is 5.56 Å². The van der Waals surface area contributed by atoms with Crippen LogP contribution in [0.4, 0.5) is 17.1 Å². The predicted octanol–water partition coefficient (Wildman–Crippen LogP) is 5.74. The Kier molecular flexibility index (Phi) is 9.26. The van der Waals surface area contributed by atoms with Gasteiger partial charge >= 0.3 is 0 Å². The molecule has 3 aromatic carbocycles. The van der Waals surface area contributed by atoms with Gasteiger partial charge in [0.2, 0.25) is 0 Å². The number of amides is 1. The Bertz CT molecular complexity index is 1320. The fraction of sp³-hybridized carbons (Fsp3) is 0.406. The minimum absolute atomic E-state index is 0.000652. The van der Waals surface area contributed by atoms with Crippen LogP contribution in [0.5, 0.6) is 5.75 Å². The van der Waals surface area contributed by atoms with Crippen molar-refractivity contribution in [3.05, 3.63) is 77.9 Å². The molecule has 1 N–H and O–H groups in total. The van der Waals surface area contributed by atoms with Crippen LogP contribution in [-0.4, -0.2) is 61.4 Å². The minimum atomic E-state index is -1.48. The maximum absolute atomic E-state index is 13.9. The third-order valence-electron chi connectivity index (χ3n) is 7.84. The van der Waals surface area contributed by atoms with E-state index < -0.39 is 11.0 Å². The van der Waals surface area contributed by atoms with Crippen LogP contribution in [0.25, 0.3) is 0 Å². The highest BCUT2D eigenvalue weighted by molar-refractivity contribution is 7.86. The Labute approximate surface area is 240 Å². The van der Waals surface area contributed by atoms with Gasteiger partial charge in [-0.05, 0) is 73.7 Å². The van der Waals surface area contributed by atoms with Crippen molar-refractivity contribution >= 4 is 34.0 Å². The topological polar surface area (TPSA) is 65.1 Å². The smallest absolute Gasteiger partial charge is 0.256 e. The van der Waals surface area contributed by atoms with E-state index in [1.807, 2.05) is 53.4 Å². The van der Waals surface area contributed by atoms with Crippen LogP contribution in [0.1, 0.15) is 48.5 Å². The van der Waals surface area contributed by atoms with Gasteiger partial charge in [-0.25, -0.2) is 4.21 Å². The van der Waals surface area contributed by atoms with E-state index >= 15 is 0 Å². The molecular formula is C32H40N4O3S. The number of piperazine rings is 1. The van der Waals surface area contributed by atoms with Crippen LogP contribution in [0, 0.1) is 0 Å². The first-order valence-electron chi connectivity index (χ1n) is 14.4. The predicted molar refractivity (Wildman–Crippen MR) is 164 cm³/mol. The maximum Gasteiger partial charge on any atom is 0.256 e. The Hall–Kier alpha value is -3.52. The number of methoxy groups -OCH3 is 1. The molecule has 0 saturated carbocycles. The molecule has 2 aliphatic rings. The maximum atomic E-state index is 13.9. The summed E-state index contributed by atoms with van der Waals surface area (Å²) >= 11 is 0. The number of carbonyl (C=O) groups excluding carboxylic acids is 1. The third-order valence-corrected chi connectivity index (χ3v) is 8.94. The second kappa shape index (κ2) is 13.2. The highest BCUT2D eigenvalue weighted by atomic mass is 32.2. The Morgan fingerprint density at radius 2 is 1.57 bits per heavy atom. The average molecular weight is 561 g/mol. The molecule has 1 atom stereocenters. The lowest BCUT2D eigenvalue weighted by molar-refractivity contribution is 0.0747. The van der Waals surface area contributed by atoms with Crippen molar-refractivity contribution < 1.29 is 13.7 Å². The Morgan fingerprint density at radius 1 is 0.875 bits per heavy atom. The van der Waals surface area contributed by atoms with Crippen LogP contribution in [0.2, 0.25) is 0 Å². The van der Waals surface area contributed by atoms with Gasteiger partial charge in [0.25, 0.3) is 5.91 Å². The van der Waals surface area contributed by atoms with Crippen molar-refractivity contribution in [3.63, 3.8) is 0 Å². The number of anilines is 3. The van der Waals surface area contributed by atoms with E-state index in [-0.39, 0.29) is 5.91 Å². The van der Waals surface area contributed by atoms with Crippen molar-refractivity contribution in [2.24, 2.45) is 0 Å². The standard InChI is InChI=1S/C32H40N4O3S/c1-3-4-9-25-12-14-26(15-13-25)33-40(38)27-16-17-29(34-18-7-8-19-34)28(24-27)32(37)36-22-20-35(21-23-36)30-10-5-6-11-31(30)39-2/h5-6,10-17,24,33H,3-4,7-9,18-23H2,1-2H3. The van der Waals surface area contributed by atoms with E-state index in [0.29, 0.717) is 23.5 Å². The van der Waals surface area contributed by atoms with Crippen LogP contribution in [-0.2, 0) is 17.4 Å².